The van der Waals surface area contributed by atoms with E-state index >= 15 is 0 Å². The topological polar surface area (TPSA) is 88.5 Å². The lowest BCUT2D eigenvalue weighted by Gasteiger charge is -2.10. The highest BCUT2D eigenvalue weighted by Crippen LogP contribution is 2.29. The van der Waals surface area contributed by atoms with Gasteiger partial charge in [-0.15, -0.1) is 0 Å². The van der Waals surface area contributed by atoms with Crippen LogP contribution < -0.4 is 5.73 Å². The van der Waals surface area contributed by atoms with Gasteiger partial charge in [-0.25, -0.2) is 9.97 Å². The molecular formula is C13H15N5S. The molecule has 0 bridgehead atoms. The number of amidine groups is 1. The molecule has 0 aromatic carbocycles. The molecule has 0 aliphatic heterocycles. The Balaban J connectivity index is 2.44. The Morgan fingerprint density at radius 1 is 1.21 bits per heavy atom. The Labute approximate surface area is 116 Å². The van der Waals surface area contributed by atoms with Crippen molar-refractivity contribution in [3.63, 3.8) is 0 Å². The van der Waals surface area contributed by atoms with Gasteiger partial charge in [-0.2, -0.15) is 0 Å². The third-order valence-corrected chi connectivity index (χ3v) is 3.46. The number of rotatable bonds is 3. The zero-order valence-electron chi connectivity index (χ0n) is 11.1. The molecule has 6 heteroatoms. The molecule has 0 amide bonds. The van der Waals surface area contributed by atoms with Crippen LogP contribution in [-0.4, -0.2) is 20.8 Å². The second-order valence-electron chi connectivity index (χ2n) is 4.28. The van der Waals surface area contributed by atoms with Crippen molar-refractivity contribution in [2.24, 2.45) is 5.73 Å². The van der Waals surface area contributed by atoms with E-state index in [-0.39, 0.29) is 5.84 Å². The van der Waals surface area contributed by atoms with E-state index < -0.39 is 0 Å². The molecule has 0 atom stereocenters. The minimum Gasteiger partial charge on any atom is -0.384 e. The fourth-order valence-corrected chi connectivity index (χ4v) is 2.73. The molecule has 0 aliphatic carbocycles. The average molecular weight is 273 g/mol. The summed E-state index contributed by atoms with van der Waals surface area (Å²) in [6.45, 7) is 5.71. The Bertz CT molecular complexity index is 622. The fourth-order valence-electron chi connectivity index (χ4n) is 1.73. The highest BCUT2D eigenvalue weighted by atomic mass is 32.2. The summed E-state index contributed by atoms with van der Waals surface area (Å²) in [7, 11) is 0. The molecule has 2 heterocycles. The molecule has 98 valence electrons. The van der Waals surface area contributed by atoms with Gasteiger partial charge >= 0.3 is 0 Å². The molecule has 0 saturated carbocycles. The summed E-state index contributed by atoms with van der Waals surface area (Å²) in [4.78, 5) is 13.7. The van der Waals surface area contributed by atoms with Gasteiger partial charge in [0.1, 0.15) is 5.84 Å². The van der Waals surface area contributed by atoms with E-state index in [1.807, 2.05) is 26.8 Å². The molecule has 3 N–H and O–H groups in total. The number of hydrogen-bond donors (Lipinski definition) is 2. The zero-order valence-corrected chi connectivity index (χ0v) is 11.9. The predicted octanol–water partition coefficient (Wildman–Crippen LogP) is 2.23. The van der Waals surface area contributed by atoms with Crippen molar-refractivity contribution >= 4 is 17.6 Å². The molecule has 0 spiro atoms. The summed E-state index contributed by atoms with van der Waals surface area (Å²) in [5, 5.41) is 8.31. The van der Waals surface area contributed by atoms with Crippen LogP contribution in [0.25, 0.3) is 0 Å². The van der Waals surface area contributed by atoms with Crippen molar-refractivity contribution < 1.29 is 0 Å². The van der Waals surface area contributed by atoms with Crippen LogP contribution in [0.1, 0.15) is 22.5 Å². The monoisotopic (exact) mass is 273 g/mol. The molecule has 2 aromatic heterocycles. The molecule has 0 saturated heterocycles. The molecule has 5 nitrogen and oxygen atoms in total. The molecule has 19 heavy (non-hydrogen) atoms. The van der Waals surface area contributed by atoms with E-state index in [0.29, 0.717) is 10.7 Å². The van der Waals surface area contributed by atoms with Gasteiger partial charge in [0.05, 0.1) is 5.56 Å². The number of aromatic nitrogens is 3. The first kappa shape index (κ1) is 13.5. The molecule has 0 aliphatic rings. The van der Waals surface area contributed by atoms with Crippen molar-refractivity contribution in [3.05, 3.63) is 41.0 Å². The Morgan fingerprint density at radius 3 is 2.42 bits per heavy atom. The molecule has 2 rings (SSSR count). The number of pyridine rings is 1. The van der Waals surface area contributed by atoms with Crippen LogP contribution in [0, 0.1) is 26.2 Å². The SMILES string of the molecule is Cc1cnc(Sc2cc(C)nc(C)c2C(=N)N)nc1. The van der Waals surface area contributed by atoms with Crippen LogP contribution in [-0.2, 0) is 0 Å². The van der Waals surface area contributed by atoms with Crippen LogP contribution >= 0.6 is 11.8 Å². The number of nitrogens with two attached hydrogens (primary N) is 1. The zero-order chi connectivity index (χ0) is 14.0. The van der Waals surface area contributed by atoms with Gasteiger partial charge in [-0.1, -0.05) is 0 Å². The first-order chi connectivity index (χ1) is 8.97. The smallest absolute Gasteiger partial charge is 0.192 e. The number of nitrogens with one attached hydrogen (secondary N) is 1. The van der Waals surface area contributed by atoms with Crippen molar-refractivity contribution in [2.75, 3.05) is 0 Å². The summed E-state index contributed by atoms with van der Waals surface area (Å²) >= 11 is 1.40. The second-order valence-corrected chi connectivity index (χ2v) is 5.29. The molecule has 0 fully saturated rings. The van der Waals surface area contributed by atoms with Crippen LogP contribution in [0.15, 0.2) is 28.5 Å². The maximum absolute atomic E-state index is 7.67. The van der Waals surface area contributed by atoms with Gasteiger partial charge in [0.25, 0.3) is 0 Å². The summed E-state index contributed by atoms with van der Waals surface area (Å²) in [5.41, 5.74) is 8.94. The van der Waals surface area contributed by atoms with E-state index in [2.05, 4.69) is 15.0 Å². The summed E-state index contributed by atoms with van der Waals surface area (Å²) in [6.07, 6.45) is 3.54. The number of nitrogen functional groups attached to an aromatic ring is 1. The van der Waals surface area contributed by atoms with Gasteiger partial charge in [-0.05, 0) is 44.2 Å². The lowest BCUT2D eigenvalue weighted by atomic mass is 10.1. The average Bonchev–Trinajstić information content (AvgIpc) is 2.30. The van der Waals surface area contributed by atoms with Crippen molar-refractivity contribution in [1.29, 1.82) is 5.41 Å². The van der Waals surface area contributed by atoms with Gasteiger partial charge in [0.2, 0.25) is 0 Å². The van der Waals surface area contributed by atoms with Crippen LogP contribution in [0.3, 0.4) is 0 Å². The van der Waals surface area contributed by atoms with E-state index in [9.17, 15) is 0 Å². The van der Waals surface area contributed by atoms with Crippen LogP contribution in [0.4, 0.5) is 0 Å². The minimum atomic E-state index is 0.0135. The first-order valence-electron chi connectivity index (χ1n) is 5.76. The Morgan fingerprint density at radius 2 is 1.84 bits per heavy atom. The summed E-state index contributed by atoms with van der Waals surface area (Å²) in [6, 6.07) is 1.90. The maximum atomic E-state index is 7.67. The van der Waals surface area contributed by atoms with E-state index in [1.54, 1.807) is 12.4 Å². The van der Waals surface area contributed by atoms with E-state index in [0.717, 1.165) is 21.8 Å². The van der Waals surface area contributed by atoms with Gasteiger partial charge < -0.3 is 5.73 Å². The first-order valence-corrected chi connectivity index (χ1v) is 6.58. The van der Waals surface area contributed by atoms with E-state index in [4.69, 9.17) is 11.1 Å². The van der Waals surface area contributed by atoms with Crippen molar-refractivity contribution in [3.8, 4) is 0 Å². The maximum Gasteiger partial charge on any atom is 0.192 e. The van der Waals surface area contributed by atoms with Gasteiger partial charge in [0, 0.05) is 28.7 Å². The third-order valence-electron chi connectivity index (χ3n) is 2.52. The number of hydrogen-bond acceptors (Lipinski definition) is 5. The Hall–Kier alpha value is -1.95. The van der Waals surface area contributed by atoms with Crippen LogP contribution in [0.5, 0.6) is 0 Å². The molecular weight excluding hydrogens is 258 g/mol. The number of aryl methyl sites for hydroxylation is 3. The highest BCUT2D eigenvalue weighted by molar-refractivity contribution is 7.99. The van der Waals surface area contributed by atoms with Crippen molar-refractivity contribution in [1.82, 2.24) is 15.0 Å². The van der Waals surface area contributed by atoms with Gasteiger partial charge in [-0.3, -0.25) is 10.4 Å². The van der Waals surface area contributed by atoms with Crippen molar-refractivity contribution in [2.45, 2.75) is 30.8 Å². The standard InChI is InChI=1S/C13H15N5S/c1-7-5-16-13(17-6-7)19-10-4-8(2)18-9(3)11(10)12(14)15/h4-6H,1-3H3,(H3,14,15). The normalized spacial score (nSPS) is 10.5. The van der Waals surface area contributed by atoms with Crippen LogP contribution in [0.2, 0.25) is 0 Å². The minimum absolute atomic E-state index is 0.0135. The highest BCUT2D eigenvalue weighted by Gasteiger charge is 2.13. The van der Waals surface area contributed by atoms with E-state index in [1.165, 1.54) is 11.8 Å². The Kier molecular flexibility index (Phi) is 3.80. The second kappa shape index (κ2) is 5.36. The summed E-state index contributed by atoms with van der Waals surface area (Å²) < 4.78 is 0. The summed E-state index contributed by atoms with van der Waals surface area (Å²) in [5.74, 6) is 0.0135. The predicted molar refractivity (Wildman–Crippen MR) is 75.6 cm³/mol. The molecule has 0 unspecified atom stereocenters. The lowest BCUT2D eigenvalue weighted by Crippen LogP contribution is -2.15. The quantitative estimate of drug-likeness (QED) is 0.508. The molecule has 0 radical (unpaired) electrons. The number of nitrogens with zero attached hydrogens (tertiary/aromatic N) is 3. The lowest BCUT2D eigenvalue weighted by molar-refractivity contribution is 0.947. The largest absolute Gasteiger partial charge is 0.384 e. The van der Waals surface area contributed by atoms with Gasteiger partial charge in [0.15, 0.2) is 5.16 Å². The molecule has 2 aromatic rings. The fraction of sp³-hybridized carbons (Fsp3) is 0.231. The third kappa shape index (κ3) is 3.08.